The molecule has 0 amide bonds. The van der Waals surface area contributed by atoms with Crippen LogP contribution in [0.1, 0.15) is 33.1 Å². The number of nitrogens with one attached hydrogen (secondary N) is 2. The van der Waals surface area contributed by atoms with Crippen LogP contribution in [0.15, 0.2) is 0 Å². The molecular formula is C7H18N2. The fraction of sp³-hybridized carbons (Fsp3) is 1.00. The number of hydrazine groups is 1. The van der Waals surface area contributed by atoms with E-state index in [-0.39, 0.29) is 0 Å². The van der Waals surface area contributed by atoms with Gasteiger partial charge >= 0.3 is 0 Å². The highest BCUT2D eigenvalue weighted by molar-refractivity contribution is 4.58. The van der Waals surface area contributed by atoms with E-state index in [9.17, 15) is 0 Å². The minimum absolute atomic E-state index is 0.653. The number of hydrogen-bond donors (Lipinski definition) is 2. The normalized spacial score (nSPS) is 13.7. The van der Waals surface area contributed by atoms with Crippen molar-refractivity contribution in [3.05, 3.63) is 0 Å². The summed E-state index contributed by atoms with van der Waals surface area (Å²) in [7, 11) is 1.92. The van der Waals surface area contributed by atoms with Gasteiger partial charge in [0.25, 0.3) is 0 Å². The molecule has 56 valence electrons. The van der Waals surface area contributed by atoms with Gasteiger partial charge in [-0.3, -0.25) is 10.9 Å². The van der Waals surface area contributed by atoms with Gasteiger partial charge in [0.1, 0.15) is 0 Å². The highest BCUT2D eigenvalue weighted by Crippen LogP contribution is 1.98. The number of rotatable bonds is 5. The molecular weight excluding hydrogens is 112 g/mol. The predicted octanol–water partition coefficient (Wildman–Crippen LogP) is 1.29. The maximum atomic E-state index is 3.18. The van der Waals surface area contributed by atoms with Gasteiger partial charge in [-0.05, 0) is 19.9 Å². The molecule has 0 radical (unpaired) electrons. The van der Waals surface area contributed by atoms with Crippen molar-refractivity contribution in [3.8, 4) is 0 Å². The Morgan fingerprint density at radius 1 is 1.33 bits per heavy atom. The Balaban J connectivity index is 3.18. The second kappa shape index (κ2) is 6.05. The van der Waals surface area contributed by atoms with Crippen LogP contribution in [0.2, 0.25) is 0 Å². The summed E-state index contributed by atoms with van der Waals surface area (Å²) in [6.07, 6.45) is 3.72. The molecule has 0 aliphatic rings. The lowest BCUT2D eigenvalue weighted by Gasteiger charge is -2.13. The van der Waals surface area contributed by atoms with Crippen molar-refractivity contribution in [2.24, 2.45) is 0 Å². The summed E-state index contributed by atoms with van der Waals surface area (Å²) in [6, 6.07) is 0.653. The van der Waals surface area contributed by atoms with Gasteiger partial charge < -0.3 is 0 Å². The molecule has 2 nitrogen and oxygen atoms in total. The molecule has 2 N–H and O–H groups in total. The van der Waals surface area contributed by atoms with E-state index in [1.807, 2.05) is 7.05 Å². The lowest BCUT2D eigenvalue weighted by atomic mass is 10.1. The van der Waals surface area contributed by atoms with Crippen LogP contribution in [0.25, 0.3) is 0 Å². The molecule has 1 atom stereocenters. The maximum Gasteiger partial charge on any atom is 0.0210 e. The van der Waals surface area contributed by atoms with E-state index in [0.717, 1.165) is 0 Å². The molecule has 0 aromatic carbocycles. The minimum Gasteiger partial charge on any atom is -0.261 e. The highest BCUT2D eigenvalue weighted by atomic mass is 15.3. The lowest BCUT2D eigenvalue weighted by molar-refractivity contribution is 0.421. The van der Waals surface area contributed by atoms with Crippen LogP contribution in [0.3, 0.4) is 0 Å². The number of hydrogen-bond acceptors (Lipinski definition) is 2. The van der Waals surface area contributed by atoms with Gasteiger partial charge in [-0.2, -0.15) is 0 Å². The monoisotopic (exact) mass is 130 g/mol. The molecule has 1 unspecified atom stereocenters. The first-order chi connectivity index (χ1) is 4.35. The third-order valence-electron chi connectivity index (χ3n) is 1.48. The van der Waals surface area contributed by atoms with Crippen LogP contribution >= 0.6 is 0 Å². The first-order valence-corrected chi connectivity index (χ1v) is 3.77. The van der Waals surface area contributed by atoms with Crippen molar-refractivity contribution in [1.82, 2.24) is 10.9 Å². The zero-order valence-electron chi connectivity index (χ0n) is 6.70. The average Bonchev–Trinajstić information content (AvgIpc) is 1.88. The van der Waals surface area contributed by atoms with Gasteiger partial charge in [-0.1, -0.05) is 20.3 Å². The first kappa shape index (κ1) is 8.92. The van der Waals surface area contributed by atoms with Crippen LogP contribution in [0.4, 0.5) is 0 Å². The van der Waals surface area contributed by atoms with Gasteiger partial charge in [-0.25, -0.2) is 0 Å². The predicted molar refractivity (Wildman–Crippen MR) is 41.2 cm³/mol. The SMILES string of the molecule is CCCC(CC)NNC. The topological polar surface area (TPSA) is 24.1 Å². The zero-order valence-corrected chi connectivity index (χ0v) is 6.70. The van der Waals surface area contributed by atoms with Crippen molar-refractivity contribution in [1.29, 1.82) is 0 Å². The van der Waals surface area contributed by atoms with Crippen LogP contribution in [-0.4, -0.2) is 13.1 Å². The quantitative estimate of drug-likeness (QED) is 0.548. The molecule has 0 spiro atoms. The molecule has 0 heterocycles. The Labute approximate surface area is 58.0 Å². The molecule has 0 fully saturated rings. The molecule has 0 aliphatic carbocycles. The second-order valence-corrected chi connectivity index (χ2v) is 2.29. The van der Waals surface area contributed by atoms with Gasteiger partial charge in [0.2, 0.25) is 0 Å². The Kier molecular flexibility index (Phi) is 5.99. The molecule has 0 rings (SSSR count). The maximum absolute atomic E-state index is 3.18. The minimum atomic E-state index is 0.653. The fourth-order valence-corrected chi connectivity index (χ4v) is 0.931. The Morgan fingerprint density at radius 2 is 2.00 bits per heavy atom. The zero-order chi connectivity index (χ0) is 7.11. The van der Waals surface area contributed by atoms with Crippen LogP contribution in [0.5, 0.6) is 0 Å². The lowest BCUT2D eigenvalue weighted by Crippen LogP contribution is -2.37. The molecule has 0 saturated heterocycles. The highest BCUT2D eigenvalue weighted by Gasteiger charge is 1.99. The summed E-state index contributed by atoms with van der Waals surface area (Å²) in [4.78, 5) is 0. The summed E-state index contributed by atoms with van der Waals surface area (Å²) in [5.41, 5.74) is 6.14. The Bertz CT molecular complexity index is 48.9. The Hall–Kier alpha value is -0.0800. The van der Waals surface area contributed by atoms with E-state index in [4.69, 9.17) is 0 Å². The van der Waals surface area contributed by atoms with E-state index in [1.54, 1.807) is 0 Å². The average molecular weight is 130 g/mol. The summed E-state index contributed by atoms with van der Waals surface area (Å²) in [5, 5.41) is 0. The fourth-order valence-electron chi connectivity index (χ4n) is 0.931. The van der Waals surface area contributed by atoms with E-state index >= 15 is 0 Å². The van der Waals surface area contributed by atoms with Gasteiger partial charge in [-0.15, -0.1) is 0 Å². The van der Waals surface area contributed by atoms with Gasteiger partial charge in [0.15, 0.2) is 0 Å². The third kappa shape index (κ3) is 4.43. The largest absolute Gasteiger partial charge is 0.261 e. The van der Waals surface area contributed by atoms with Crippen molar-refractivity contribution in [2.45, 2.75) is 39.2 Å². The summed E-state index contributed by atoms with van der Waals surface area (Å²) in [6.45, 7) is 4.41. The molecule has 0 aromatic heterocycles. The van der Waals surface area contributed by atoms with E-state index < -0.39 is 0 Å². The summed E-state index contributed by atoms with van der Waals surface area (Å²) in [5.74, 6) is 0. The third-order valence-corrected chi connectivity index (χ3v) is 1.48. The smallest absolute Gasteiger partial charge is 0.0210 e. The van der Waals surface area contributed by atoms with Crippen molar-refractivity contribution in [2.75, 3.05) is 7.05 Å². The van der Waals surface area contributed by atoms with Crippen molar-refractivity contribution < 1.29 is 0 Å². The van der Waals surface area contributed by atoms with Gasteiger partial charge in [0.05, 0.1) is 0 Å². The molecule has 0 aliphatic heterocycles. The van der Waals surface area contributed by atoms with Crippen LogP contribution < -0.4 is 10.9 Å². The van der Waals surface area contributed by atoms with Gasteiger partial charge in [0, 0.05) is 6.04 Å². The molecule has 0 bridgehead atoms. The molecule has 0 saturated carbocycles. The van der Waals surface area contributed by atoms with Crippen LogP contribution in [0, 0.1) is 0 Å². The molecule has 9 heavy (non-hydrogen) atoms. The van der Waals surface area contributed by atoms with Crippen molar-refractivity contribution >= 4 is 0 Å². The summed E-state index contributed by atoms with van der Waals surface area (Å²) < 4.78 is 0. The Morgan fingerprint density at radius 3 is 2.33 bits per heavy atom. The van der Waals surface area contributed by atoms with Crippen molar-refractivity contribution in [3.63, 3.8) is 0 Å². The van der Waals surface area contributed by atoms with E-state index in [0.29, 0.717) is 6.04 Å². The summed E-state index contributed by atoms with van der Waals surface area (Å²) >= 11 is 0. The van der Waals surface area contributed by atoms with E-state index in [1.165, 1.54) is 19.3 Å². The van der Waals surface area contributed by atoms with E-state index in [2.05, 4.69) is 24.7 Å². The van der Waals surface area contributed by atoms with Crippen LogP contribution in [-0.2, 0) is 0 Å². The molecule has 0 aromatic rings. The second-order valence-electron chi connectivity index (χ2n) is 2.29. The first-order valence-electron chi connectivity index (χ1n) is 3.77. The molecule has 2 heteroatoms. The standard InChI is InChI=1S/C7H18N2/c1-4-6-7(5-2)9-8-3/h7-9H,4-6H2,1-3H3.